The minimum absolute atomic E-state index is 0.0119. The predicted molar refractivity (Wildman–Crippen MR) is 69.8 cm³/mol. The second-order valence-corrected chi connectivity index (χ2v) is 5.23. The van der Waals surface area contributed by atoms with Crippen molar-refractivity contribution < 1.29 is 4.39 Å². The molecule has 0 radical (unpaired) electrons. The Morgan fingerprint density at radius 1 is 1.35 bits per heavy atom. The van der Waals surface area contributed by atoms with E-state index >= 15 is 0 Å². The van der Waals surface area contributed by atoms with Gasteiger partial charge in [0.25, 0.3) is 0 Å². The zero-order valence-corrected chi connectivity index (χ0v) is 10.8. The highest BCUT2D eigenvalue weighted by Crippen LogP contribution is 2.31. The number of likely N-dealkylation sites (N-methyl/N-ethyl adjacent to an activating group) is 1. The van der Waals surface area contributed by atoms with E-state index in [4.69, 9.17) is 0 Å². The quantitative estimate of drug-likeness (QED) is 0.864. The Hall–Kier alpha value is -1.35. The Morgan fingerprint density at radius 2 is 2.06 bits per heavy atom. The molecule has 2 aromatic rings. The summed E-state index contributed by atoms with van der Waals surface area (Å²) in [5, 5.41) is 4.20. The number of aryl methyl sites for hydroxylation is 1. The molecule has 0 aliphatic heterocycles. The van der Waals surface area contributed by atoms with Gasteiger partial charge in [-0.3, -0.25) is 0 Å². The van der Waals surface area contributed by atoms with Gasteiger partial charge in [-0.25, -0.2) is 4.39 Å². The van der Waals surface area contributed by atoms with Crippen LogP contribution in [0.5, 0.6) is 0 Å². The van der Waals surface area contributed by atoms with Crippen LogP contribution in [0.1, 0.15) is 19.4 Å². The summed E-state index contributed by atoms with van der Waals surface area (Å²) in [5.74, 6) is -0.176. The molecule has 17 heavy (non-hydrogen) atoms. The molecule has 1 aromatic carbocycles. The number of halogens is 1. The molecule has 0 unspecified atom stereocenters. The zero-order chi connectivity index (χ0) is 12.6. The number of nitrogens with zero attached hydrogens (tertiary/aromatic N) is 1. The van der Waals surface area contributed by atoms with Gasteiger partial charge in [0.2, 0.25) is 0 Å². The van der Waals surface area contributed by atoms with Crippen molar-refractivity contribution in [3.8, 4) is 0 Å². The summed E-state index contributed by atoms with van der Waals surface area (Å²) >= 11 is 0. The molecule has 2 nitrogen and oxygen atoms in total. The molecule has 0 amide bonds. The van der Waals surface area contributed by atoms with Crippen molar-refractivity contribution in [3.05, 3.63) is 35.8 Å². The highest BCUT2D eigenvalue weighted by Gasteiger charge is 2.24. The molecule has 2 rings (SSSR count). The van der Waals surface area contributed by atoms with Crippen molar-refractivity contribution in [3.63, 3.8) is 0 Å². The van der Waals surface area contributed by atoms with Gasteiger partial charge in [0.15, 0.2) is 0 Å². The number of nitrogens with one attached hydrogen (secondary N) is 1. The van der Waals surface area contributed by atoms with Crippen LogP contribution in [-0.2, 0) is 12.5 Å². The summed E-state index contributed by atoms with van der Waals surface area (Å²) in [5.41, 5.74) is 2.25. The van der Waals surface area contributed by atoms with Gasteiger partial charge in [-0.05, 0) is 30.8 Å². The summed E-state index contributed by atoms with van der Waals surface area (Å²) in [6, 6.07) is 4.98. The normalized spacial score (nSPS) is 12.3. The molecular formula is C14H19FN2. The minimum atomic E-state index is -0.176. The fraction of sp³-hybridized carbons (Fsp3) is 0.429. The number of fused-ring (bicyclic) bond motifs is 1. The highest BCUT2D eigenvalue weighted by molar-refractivity contribution is 5.85. The Morgan fingerprint density at radius 3 is 2.71 bits per heavy atom. The third-order valence-electron chi connectivity index (χ3n) is 3.30. The molecule has 0 bridgehead atoms. The van der Waals surface area contributed by atoms with Crippen molar-refractivity contribution in [2.75, 3.05) is 13.6 Å². The van der Waals surface area contributed by atoms with E-state index in [9.17, 15) is 4.39 Å². The van der Waals surface area contributed by atoms with E-state index in [1.54, 1.807) is 6.07 Å². The van der Waals surface area contributed by atoms with Gasteiger partial charge >= 0.3 is 0 Å². The van der Waals surface area contributed by atoms with E-state index in [1.807, 2.05) is 20.2 Å². The molecule has 0 saturated heterocycles. The first-order valence-electron chi connectivity index (χ1n) is 5.85. The Bertz CT molecular complexity index is 540. The van der Waals surface area contributed by atoms with E-state index in [0.717, 1.165) is 17.4 Å². The lowest BCUT2D eigenvalue weighted by atomic mass is 9.84. The van der Waals surface area contributed by atoms with Crippen LogP contribution in [-0.4, -0.2) is 18.2 Å². The van der Waals surface area contributed by atoms with Crippen molar-refractivity contribution in [2.45, 2.75) is 19.3 Å². The van der Waals surface area contributed by atoms with E-state index in [0.29, 0.717) is 0 Å². The van der Waals surface area contributed by atoms with Gasteiger partial charge in [0.1, 0.15) is 5.82 Å². The van der Waals surface area contributed by atoms with Crippen LogP contribution in [0.25, 0.3) is 10.9 Å². The van der Waals surface area contributed by atoms with Crippen LogP contribution >= 0.6 is 0 Å². The van der Waals surface area contributed by atoms with Crippen LogP contribution in [0.3, 0.4) is 0 Å². The second kappa shape index (κ2) is 4.15. The van der Waals surface area contributed by atoms with Gasteiger partial charge in [0.05, 0.1) is 0 Å². The number of hydrogen-bond acceptors (Lipinski definition) is 1. The molecule has 0 aliphatic carbocycles. The van der Waals surface area contributed by atoms with Crippen LogP contribution in [0.2, 0.25) is 0 Å². The van der Waals surface area contributed by atoms with Crippen LogP contribution < -0.4 is 5.32 Å². The maximum absolute atomic E-state index is 13.4. The lowest BCUT2D eigenvalue weighted by molar-refractivity contribution is 0.496. The average molecular weight is 234 g/mol. The fourth-order valence-electron chi connectivity index (χ4n) is 2.44. The summed E-state index contributed by atoms with van der Waals surface area (Å²) in [6.07, 6.45) is 2.10. The van der Waals surface area contributed by atoms with E-state index < -0.39 is 0 Å². The topological polar surface area (TPSA) is 17.0 Å². The number of aromatic nitrogens is 1. The Labute approximate surface area is 101 Å². The third kappa shape index (κ3) is 2.07. The van der Waals surface area contributed by atoms with Gasteiger partial charge in [-0.1, -0.05) is 13.8 Å². The minimum Gasteiger partial charge on any atom is -0.350 e. The maximum Gasteiger partial charge on any atom is 0.123 e. The lowest BCUT2D eigenvalue weighted by Crippen LogP contribution is -2.30. The van der Waals surface area contributed by atoms with Crippen molar-refractivity contribution >= 4 is 10.9 Å². The molecule has 0 atom stereocenters. The lowest BCUT2D eigenvalue weighted by Gasteiger charge is -2.24. The molecule has 0 aliphatic rings. The zero-order valence-electron chi connectivity index (χ0n) is 10.8. The number of hydrogen-bond donors (Lipinski definition) is 1. The predicted octanol–water partition coefficient (Wildman–Crippen LogP) is 2.81. The summed E-state index contributed by atoms with van der Waals surface area (Å²) in [7, 11) is 3.94. The molecule has 1 N–H and O–H groups in total. The van der Waals surface area contributed by atoms with Gasteiger partial charge in [-0.2, -0.15) is 0 Å². The van der Waals surface area contributed by atoms with Gasteiger partial charge < -0.3 is 9.88 Å². The van der Waals surface area contributed by atoms with E-state index in [-0.39, 0.29) is 11.2 Å². The van der Waals surface area contributed by atoms with Gasteiger partial charge in [0, 0.05) is 36.1 Å². The first kappa shape index (κ1) is 12.1. The second-order valence-electron chi connectivity index (χ2n) is 5.23. The Kier molecular flexibility index (Phi) is 2.96. The van der Waals surface area contributed by atoms with Gasteiger partial charge in [-0.15, -0.1) is 0 Å². The monoisotopic (exact) mass is 234 g/mol. The first-order chi connectivity index (χ1) is 7.95. The van der Waals surface area contributed by atoms with Crippen LogP contribution in [0.4, 0.5) is 4.39 Å². The van der Waals surface area contributed by atoms with Crippen molar-refractivity contribution in [1.29, 1.82) is 0 Å². The molecule has 0 saturated carbocycles. The molecule has 92 valence electrons. The molecule has 3 heteroatoms. The smallest absolute Gasteiger partial charge is 0.123 e. The summed E-state index contributed by atoms with van der Waals surface area (Å²) in [4.78, 5) is 0. The first-order valence-corrected chi connectivity index (χ1v) is 5.85. The SMILES string of the molecule is CNCC(C)(C)c1cn(C)c2ccc(F)cc12. The largest absolute Gasteiger partial charge is 0.350 e. The standard InChI is InChI=1S/C14H19FN2/c1-14(2,9-16-3)12-8-17(4)13-6-5-10(15)7-11(12)13/h5-8,16H,9H2,1-4H3. The molecule has 0 fully saturated rings. The third-order valence-corrected chi connectivity index (χ3v) is 3.30. The number of rotatable bonds is 3. The average Bonchev–Trinajstić information content (AvgIpc) is 2.56. The fourth-order valence-corrected chi connectivity index (χ4v) is 2.44. The van der Waals surface area contributed by atoms with Crippen molar-refractivity contribution in [1.82, 2.24) is 9.88 Å². The molecule has 0 spiro atoms. The number of benzene rings is 1. The molecule has 1 aromatic heterocycles. The highest BCUT2D eigenvalue weighted by atomic mass is 19.1. The van der Waals surface area contributed by atoms with E-state index in [2.05, 4.69) is 29.9 Å². The summed E-state index contributed by atoms with van der Waals surface area (Å²) in [6.45, 7) is 5.20. The Balaban J connectivity index is 2.65. The van der Waals surface area contributed by atoms with E-state index in [1.165, 1.54) is 11.6 Å². The van der Waals surface area contributed by atoms with Crippen LogP contribution in [0, 0.1) is 5.82 Å². The van der Waals surface area contributed by atoms with Crippen LogP contribution in [0.15, 0.2) is 24.4 Å². The van der Waals surface area contributed by atoms with Crippen molar-refractivity contribution in [2.24, 2.45) is 7.05 Å². The molecular weight excluding hydrogens is 215 g/mol. The summed E-state index contributed by atoms with van der Waals surface area (Å²) < 4.78 is 15.4. The molecule has 1 heterocycles. The maximum atomic E-state index is 13.4.